The summed E-state index contributed by atoms with van der Waals surface area (Å²) in [5.74, 6) is -0.431. The van der Waals surface area contributed by atoms with Gasteiger partial charge in [-0.05, 0) is 37.6 Å². The summed E-state index contributed by atoms with van der Waals surface area (Å²) in [5.41, 5.74) is 1.82. The minimum Gasteiger partial charge on any atom is -0.461 e. The Bertz CT molecular complexity index is 792. The molecule has 2 aromatic rings. The van der Waals surface area contributed by atoms with Crippen molar-refractivity contribution in [2.45, 2.75) is 18.7 Å². The number of rotatable bonds is 3. The van der Waals surface area contributed by atoms with Crippen LogP contribution in [0.2, 0.25) is 0 Å². The predicted molar refractivity (Wildman–Crippen MR) is 76.7 cm³/mol. The van der Waals surface area contributed by atoms with Crippen molar-refractivity contribution in [3.63, 3.8) is 0 Å². The number of benzene rings is 1. The second-order valence-corrected chi connectivity index (χ2v) is 6.94. The Morgan fingerprint density at radius 3 is 2.60 bits per heavy atom. The fourth-order valence-corrected chi connectivity index (χ4v) is 3.03. The molecular formula is C13H14ClNO4S. The molecule has 0 radical (unpaired) electrons. The first kappa shape index (κ1) is 14.9. The molecule has 5 nitrogen and oxygen atoms in total. The van der Waals surface area contributed by atoms with Gasteiger partial charge in [0.2, 0.25) is 0 Å². The van der Waals surface area contributed by atoms with Crippen molar-refractivity contribution in [1.82, 2.24) is 4.57 Å². The van der Waals surface area contributed by atoms with Crippen LogP contribution in [0.1, 0.15) is 23.0 Å². The van der Waals surface area contributed by atoms with E-state index in [0.717, 1.165) is 5.52 Å². The fourth-order valence-electron chi connectivity index (χ4n) is 2.25. The number of esters is 1. The van der Waals surface area contributed by atoms with Gasteiger partial charge in [-0.1, -0.05) is 0 Å². The Morgan fingerprint density at radius 2 is 2.05 bits per heavy atom. The van der Waals surface area contributed by atoms with Crippen molar-refractivity contribution in [2.75, 3.05) is 6.61 Å². The molecule has 0 amide bonds. The van der Waals surface area contributed by atoms with Crippen molar-refractivity contribution in [1.29, 1.82) is 0 Å². The van der Waals surface area contributed by atoms with Crippen LogP contribution < -0.4 is 0 Å². The van der Waals surface area contributed by atoms with E-state index in [4.69, 9.17) is 15.4 Å². The average Bonchev–Trinajstić information content (AvgIpc) is 2.61. The fraction of sp³-hybridized carbons (Fsp3) is 0.308. The molecule has 20 heavy (non-hydrogen) atoms. The maximum absolute atomic E-state index is 12.0. The highest BCUT2D eigenvalue weighted by molar-refractivity contribution is 8.13. The third kappa shape index (κ3) is 2.41. The van der Waals surface area contributed by atoms with E-state index in [-0.39, 0.29) is 11.5 Å². The zero-order valence-corrected chi connectivity index (χ0v) is 12.9. The van der Waals surface area contributed by atoms with Crippen molar-refractivity contribution in [3.05, 3.63) is 29.5 Å². The Kier molecular flexibility index (Phi) is 3.80. The molecule has 0 atom stereocenters. The lowest BCUT2D eigenvalue weighted by Crippen LogP contribution is -2.10. The molecule has 7 heteroatoms. The number of carbonyl (C=O) groups is 1. The largest absolute Gasteiger partial charge is 0.461 e. The maximum Gasteiger partial charge on any atom is 0.355 e. The first-order chi connectivity index (χ1) is 9.27. The van der Waals surface area contributed by atoms with Crippen LogP contribution in [0.25, 0.3) is 10.9 Å². The quantitative estimate of drug-likeness (QED) is 0.645. The zero-order chi connectivity index (χ0) is 15.1. The molecule has 0 saturated heterocycles. The van der Waals surface area contributed by atoms with Gasteiger partial charge in [0.1, 0.15) is 5.69 Å². The van der Waals surface area contributed by atoms with Gasteiger partial charge in [0.15, 0.2) is 0 Å². The molecule has 0 aliphatic heterocycles. The standard InChI is InChI=1S/C13H14ClNO4S/c1-4-19-13(16)12-8(2)10-7-9(20(14,17)18)5-6-11(10)15(12)3/h5-7H,4H2,1-3H3. The van der Waals surface area contributed by atoms with Gasteiger partial charge in [-0.3, -0.25) is 0 Å². The van der Waals surface area contributed by atoms with Crippen LogP contribution in [-0.4, -0.2) is 25.6 Å². The molecule has 1 aromatic carbocycles. The first-order valence-electron chi connectivity index (χ1n) is 5.98. The minimum atomic E-state index is -3.80. The van der Waals surface area contributed by atoms with Gasteiger partial charge >= 0.3 is 5.97 Å². The van der Waals surface area contributed by atoms with Gasteiger partial charge < -0.3 is 9.30 Å². The summed E-state index contributed by atoms with van der Waals surface area (Å²) >= 11 is 0. The number of ether oxygens (including phenoxy) is 1. The highest BCUT2D eigenvalue weighted by Crippen LogP contribution is 2.28. The molecule has 0 aliphatic rings. The number of halogens is 1. The van der Waals surface area contributed by atoms with E-state index in [2.05, 4.69) is 0 Å². The second kappa shape index (κ2) is 5.10. The van der Waals surface area contributed by atoms with E-state index in [1.165, 1.54) is 12.1 Å². The van der Waals surface area contributed by atoms with E-state index < -0.39 is 15.0 Å². The summed E-state index contributed by atoms with van der Waals surface area (Å²) < 4.78 is 29.5. The highest BCUT2D eigenvalue weighted by Gasteiger charge is 2.21. The lowest BCUT2D eigenvalue weighted by Gasteiger charge is -2.04. The van der Waals surface area contributed by atoms with Crippen LogP contribution in [0.3, 0.4) is 0 Å². The van der Waals surface area contributed by atoms with Gasteiger partial charge in [-0.25, -0.2) is 13.2 Å². The molecule has 1 aromatic heterocycles. The number of aromatic nitrogens is 1. The average molecular weight is 316 g/mol. The van der Waals surface area contributed by atoms with Crippen LogP contribution in [0.4, 0.5) is 0 Å². The third-order valence-electron chi connectivity index (χ3n) is 3.17. The molecular weight excluding hydrogens is 302 g/mol. The normalized spacial score (nSPS) is 11.8. The van der Waals surface area contributed by atoms with Gasteiger partial charge in [-0.15, -0.1) is 0 Å². The van der Waals surface area contributed by atoms with Crippen LogP contribution >= 0.6 is 10.7 Å². The van der Waals surface area contributed by atoms with Crippen LogP contribution in [0.5, 0.6) is 0 Å². The Balaban J connectivity index is 2.73. The lowest BCUT2D eigenvalue weighted by atomic mass is 10.1. The molecule has 2 rings (SSSR count). The number of nitrogens with zero attached hydrogens (tertiary/aromatic N) is 1. The lowest BCUT2D eigenvalue weighted by molar-refractivity contribution is 0.0515. The maximum atomic E-state index is 12.0. The Labute approximate surface area is 121 Å². The monoisotopic (exact) mass is 315 g/mol. The summed E-state index contributed by atoms with van der Waals surface area (Å²) in [6.07, 6.45) is 0. The molecule has 0 spiro atoms. The van der Waals surface area contributed by atoms with Gasteiger partial charge in [0.25, 0.3) is 9.05 Å². The number of aryl methyl sites for hydroxylation is 2. The van der Waals surface area contributed by atoms with E-state index in [0.29, 0.717) is 16.6 Å². The highest BCUT2D eigenvalue weighted by atomic mass is 35.7. The molecule has 108 valence electrons. The Hall–Kier alpha value is -1.53. The summed E-state index contributed by atoms with van der Waals surface area (Å²) in [6.45, 7) is 3.76. The number of hydrogen-bond donors (Lipinski definition) is 0. The van der Waals surface area contributed by atoms with E-state index in [1.807, 2.05) is 0 Å². The molecule has 0 saturated carbocycles. The summed E-state index contributed by atoms with van der Waals surface area (Å²) in [6, 6.07) is 4.51. The second-order valence-electron chi connectivity index (χ2n) is 4.37. The number of carbonyl (C=O) groups excluding carboxylic acids is 1. The molecule has 0 unspecified atom stereocenters. The first-order valence-corrected chi connectivity index (χ1v) is 8.29. The Morgan fingerprint density at radius 1 is 1.40 bits per heavy atom. The van der Waals surface area contributed by atoms with Crippen molar-refractivity contribution < 1.29 is 17.9 Å². The molecule has 0 fully saturated rings. The van der Waals surface area contributed by atoms with E-state index >= 15 is 0 Å². The summed E-state index contributed by atoms with van der Waals surface area (Å²) in [4.78, 5) is 12.0. The van der Waals surface area contributed by atoms with Crippen molar-refractivity contribution in [2.24, 2.45) is 7.05 Å². The van der Waals surface area contributed by atoms with Crippen molar-refractivity contribution >= 4 is 36.6 Å². The van der Waals surface area contributed by atoms with Gasteiger partial charge in [-0.2, -0.15) is 0 Å². The van der Waals surface area contributed by atoms with E-state index in [1.54, 1.807) is 31.5 Å². The number of fused-ring (bicyclic) bond motifs is 1. The summed E-state index contributed by atoms with van der Waals surface area (Å²) in [7, 11) is 3.28. The molecule has 0 bridgehead atoms. The molecule has 0 N–H and O–H groups in total. The van der Waals surface area contributed by atoms with E-state index in [9.17, 15) is 13.2 Å². The van der Waals surface area contributed by atoms with Crippen LogP contribution in [-0.2, 0) is 20.8 Å². The molecule has 1 heterocycles. The van der Waals surface area contributed by atoms with Crippen LogP contribution in [0.15, 0.2) is 23.1 Å². The molecule has 0 aliphatic carbocycles. The zero-order valence-electron chi connectivity index (χ0n) is 11.3. The number of hydrogen-bond acceptors (Lipinski definition) is 4. The van der Waals surface area contributed by atoms with Crippen LogP contribution in [0, 0.1) is 6.92 Å². The topological polar surface area (TPSA) is 65.4 Å². The SMILES string of the molecule is CCOC(=O)c1c(C)c2cc(S(=O)(=O)Cl)ccc2n1C. The summed E-state index contributed by atoms with van der Waals surface area (Å²) in [5, 5.41) is 0.664. The third-order valence-corrected chi connectivity index (χ3v) is 4.53. The van der Waals surface area contributed by atoms with Crippen molar-refractivity contribution in [3.8, 4) is 0 Å². The van der Waals surface area contributed by atoms with Gasteiger partial charge in [0, 0.05) is 28.6 Å². The smallest absolute Gasteiger partial charge is 0.355 e. The van der Waals surface area contributed by atoms with Gasteiger partial charge in [0.05, 0.1) is 11.5 Å². The predicted octanol–water partition coefficient (Wildman–Crippen LogP) is 2.59. The minimum absolute atomic E-state index is 0.00998.